The molecule has 0 radical (unpaired) electrons. The summed E-state index contributed by atoms with van der Waals surface area (Å²) in [5.74, 6) is 0.675. The van der Waals surface area contributed by atoms with E-state index in [9.17, 15) is 9.59 Å². The highest BCUT2D eigenvalue weighted by Crippen LogP contribution is 2.38. The summed E-state index contributed by atoms with van der Waals surface area (Å²) in [7, 11) is 0. The van der Waals surface area contributed by atoms with E-state index in [0.29, 0.717) is 47.4 Å². The molecule has 1 atom stereocenters. The van der Waals surface area contributed by atoms with Crippen LogP contribution < -0.4 is 19.7 Å². The predicted octanol–water partition coefficient (Wildman–Crippen LogP) is 2.81. The van der Waals surface area contributed by atoms with Crippen molar-refractivity contribution in [2.45, 2.75) is 26.3 Å². The quantitative estimate of drug-likeness (QED) is 0.765. The molecular formula is C19H20N4O5S. The lowest BCUT2D eigenvalue weighted by molar-refractivity contribution is -0.139. The highest BCUT2D eigenvalue weighted by molar-refractivity contribution is 7.03. The number of carbonyl (C=O) groups excluding carboxylic acids is 2. The highest BCUT2D eigenvalue weighted by atomic mass is 32.1. The van der Waals surface area contributed by atoms with Crippen LogP contribution in [0.1, 0.15) is 32.0 Å². The van der Waals surface area contributed by atoms with Crippen LogP contribution >= 0.6 is 11.5 Å². The van der Waals surface area contributed by atoms with E-state index in [-0.39, 0.29) is 12.6 Å². The zero-order chi connectivity index (χ0) is 20.4. The zero-order valence-electron chi connectivity index (χ0n) is 16.0. The van der Waals surface area contributed by atoms with Crippen LogP contribution in [0.3, 0.4) is 0 Å². The fraction of sp³-hybridized carbons (Fsp3) is 0.368. The van der Waals surface area contributed by atoms with Gasteiger partial charge in [0.25, 0.3) is 0 Å². The summed E-state index contributed by atoms with van der Waals surface area (Å²) in [5.41, 5.74) is 1.82. The molecule has 0 saturated heterocycles. The van der Waals surface area contributed by atoms with Crippen LogP contribution in [0.15, 0.2) is 34.8 Å². The van der Waals surface area contributed by atoms with Crippen LogP contribution in [-0.4, -0.2) is 41.4 Å². The smallest absolute Gasteiger partial charge is 0.338 e. The third-order valence-corrected chi connectivity index (χ3v) is 5.16. The lowest BCUT2D eigenvalue weighted by Crippen LogP contribution is -2.48. The number of hydrogen-bond acceptors (Lipinski definition) is 8. The molecule has 0 fully saturated rings. The third-order valence-electron chi connectivity index (χ3n) is 4.64. The topological polar surface area (TPSA) is 103 Å². The molecule has 2 aliphatic heterocycles. The highest BCUT2D eigenvalue weighted by Gasteiger charge is 2.38. The molecule has 1 aromatic heterocycles. The molecule has 0 aliphatic carbocycles. The molecule has 0 saturated carbocycles. The molecule has 10 heteroatoms. The zero-order valence-corrected chi connectivity index (χ0v) is 16.8. The summed E-state index contributed by atoms with van der Waals surface area (Å²) in [4.78, 5) is 27.1. The minimum atomic E-state index is -0.725. The molecule has 1 N–H and O–H groups in total. The number of anilines is 1. The van der Waals surface area contributed by atoms with Crippen molar-refractivity contribution in [3.8, 4) is 11.5 Å². The fourth-order valence-corrected chi connectivity index (χ4v) is 3.82. The molecule has 4 rings (SSSR count). The average molecular weight is 416 g/mol. The summed E-state index contributed by atoms with van der Waals surface area (Å²) < 4.78 is 20.5. The third kappa shape index (κ3) is 3.63. The molecular weight excluding hydrogens is 396 g/mol. The van der Waals surface area contributed by atoms with E-state index in [2.05, 4.69) is 14.9 Å². The summed E-state index contributed by atoms with van der Waals surface area (Å²) in [5, 5.41) is 8.56. The number of rotatable bonds is 4. The summed E-state index contributed by atoms with van der Waals surface area (Å²) >= 11 is 1.15. The molecule has 152 valence electrons. The first-order valence-electron chi connectivity index (χ1n) is 9.25. The number of urea groups is 1. The van der Waals surface area contributed by atoms with Gasteiger partial charge in [-0.25, -0.2) is 9.59 Å². The Morgan fingerprint density at radius 1 is 1.34 bits per heavy atom. The van der Waals surface area contributed by atoms with Gasteiger partial charge in [0.1, 0.15) is 11.7 Å². The Balaban J connectivity index is 1.78. The van der Waals surface area contributed by atoms with Crippen molar-refractivity contribution in [2.24, 2.45) is 0 Å². The molecule has 2 amide bonds. The molecule has 1 aromatic carbocycles. The number of ether oxygens (including phenoxy) is 3. The van der Waals surface area contributed by atoms with Gasteiger partial charge in [0, 0.05) is 23.6 Å². The first-order valence-corrected chi connectivity index (χ1v) is 10.1. The van der Waals surface area contributed by atoms with Gasteiger partial charge in [0.15, 0.2) is 11.5 Å². The Labute approximate surface area is 171 Å². The van der Waals surface area contributed by atoms with Crippen LogP contribution in [0.25, 0.3) is 0 Å². The Morgan fingerprint density at radius 2 is 2.14 bits per heavy atom. The maximum absolute atomic E-state index is 13.0. The Morgan fingerprint density at radius 3 is 2.86 bits per heavy atom. The Kier molecular flexibility index (Phi) is 5.34. The number of nitrogens with zero attached hydrogens (tertiary/aromatic N) is 3. The number of allylic oxidation sites excluding steroid dienone is 1. The number of nitrogens with one attached hydrogen (secondary N) is 1. The van der Waals surface area contributed by atoms with Crippen LogP contribution in [0, 0.1) is 0 Å². The number of amides is 2. The van der Waals surface area contributed by atoms with Crippen molar-refractivity contribution in [1.29, 1.82) is 0 Å². The standard InChI is InChI=1S/C19H20N4O5S/c1-3-26-18(24)16-11(2)23(19(25)20-17(16)13-10-29-22-21-13)12-5-6-14-15(9-12)28-8-4-7-27-14/h5-6,9-10,17H,3-4,7-8H2,1-2H3,(H,20,25)/t17-/m1/s1. The van der Waals surface area contributed by atoms with Crippen molar-refractivity contribution >= 4 is 29.2 Å². The predicted molar refractivity (Wildman–Crippen MR) is 105 cm³/mol. The van der Waals surface area contributed by atoms with E-state index in [1.807, 2.05) is 0 Å². The lowest BCUT2D eigenvalue weighted by atomic mass is 9.99. The monoisotopic (exact) mass is 416 g/mol. The number of fused-ring (bicyclic) bond motifs is 1. The van der Waals surface area contributed by atoms with Crippen molar-refractivity contribution in [1.82, 2.24) is 14.9 Å². The van der Waals surface area contributed by atoms with Gasteiger partial charge in [0.2, 0.25) is 0 Å². The van der Waals surface area contributed by atoms with E-state index >= 15 is 0 Å². The number of aromatic nitrogens is 2. The minimum Gasteiger partial charge on any atom is -0.490 e. The van der Waals surface area contributed by atoms with E-state index in [1.165, 1.54) is 4.90 Å². The van der Waals surface area contributed by atoms with Crippen LogP contribution in [0.4, 0.5) is 10.5 Å². The maximum Gasteiger partial charge on any atom is 0.338 e. The number of hydrogen-bond donors (Lipinski definition) is 1. The molecule has 2 aliphatic rings. The molecule has 9 nitrogen and oxygen atoms in total. The maximum atomic E-state index is 13.0. The molecule has 0 bridgehead atoms. The van der Waals surface area contributed by atoms with Crippen LogP contribution in [0.2, 0.25) is 0 Å². The van der Waals surface area contributed by atoms with E-state index < -0.39 is 12.0 Å². The van der Waals surface area contributed by atoms with Gasteiger partial charge < -0.3 is 19.5 Å². The Bertz CT molecular complexity index is 960. The van der Waals surface area contributed by atoms with E-state index in [0.717, 1.165) is 18.0 Å². The SMILES string of the molecule is CCOC(=O)C1=C(C)N(c2ccc3c(c2)OCCCO3)C(=O)N[C@@H]1c1csnn1. The van der Waals surface area contributed by atoms with Gasteiger partial charge in [-0.2, -0.15) is 0 Å². The normalized spacial score (nSPS) is 18.9. The molecule has 2 aromatic rings. The summed E-state index contributed by atoms with van der Waals surface area (Å²) in [6.07, 6.45) is 0.781. The van der Waals surface area contributed by atoms with Gasteiger partial charge in [0.05, 0.1) is 31.1 Å². The molecule has 3 heterocycles. The number of carbonyl (C=O) groups is 2. The van der Waals surface area contributed by atoms with Crippen molar-refractivity contribution < 1.29 is 23.8 Å². The van der Waals surface area contributed by atoms with Gasteiger partial charge in [-0.15, -0.1) is 5.10 Å². The van der Waals surface area contributed by atoms with Crippen LogP contribution in [-0.2, 0) is 9.53 Å². The summed E-state index contributed by atoms with van der Waals surface area (Å²) in [6, 6.07) is 4.14. The molecule has 29 heavy (non-hydrogen) atoms. The van der Waals surface area contributed by atoms with Gasteiger partial charge in [-0.3, -0.25) is 4.90 Å². The molecule has 0 spiro atoms. The second-order valence-corrected chi connectivity index (χ2v) is 7.06. The second kappa shape index (κ2) is 8.08. The average Bonchev–Trinajstić information content (AvgIpc) is 3.13. The lowest BCUT2D eigenvalue weighted by Gasteiger charge is -2.34. The van der Waals surface area contributed by atoms with E-state index in [1.54, 1.807) is 37.4 Å². The van der Waals surface area contributed by atoms with Crippen molar-refractivity contribution in [3.63, 3.8) is 0 Å². The first kappa shape index (κ1) is 19.2. The summed E-state index contributed by atoms with van der Waals surface area (Å²) in [6.45, 7) is 4.77. The Hall–Kier alpha value is -3.14. The minimum absolute atomic E-state index is 0.218. The van der Waals surface area contributed by atoms with E-state index in [4.69, 9.17) is 14.2 Å². The van der Waals surface area contributed by atoms with Gasteiger partial charge in [-0.05, 0) is 37.5 Å². The van der Waals surface area contributed by atoms with Crippen molar-refractivity contribution in [2.75, 3.05) is 24.7 Å². The van der Waals surface area contributed by atoms with Crippen LogP contribution in [0.5, 0.6) is 11.5 Å². The van der Waals surface area contributed by atoms with Gasteiger partial charge in [-0.1, -0.05) is 4.49 Å². The number of esters is 1. The van der Waals surface area contributed by atoms with Gasteiger partial charge >= 0.3 is 12.0 Å². The first-order chi connectivity index (χ1) is 14.1. The second-order valence-electron chi connectivity index (χ2n) is 6.45. The van der Waals surface area contributed by atoms with Crippen molar-refractivity contribution in [3.05, 3.63) is 40.5 Å². The number of benzene rings is 1. The fourth-order valence-electron chi connectivity index (χ4n) is 3.34. The molecule has 0 unspecified atom stereocenters. The largest absolute Gasteiger partial charge is 0.490 e.